The van der Waals surface area contributed by atoms with Gasteiger partial charge in [0.05, 0.1) is 16.9 Å². The van der Waals surface area contributed by atoms with Gasteiger partial charge in [0.1, 0.15) is 0 Å². The van der Waals surface area contributed by atoms with E-state index in [2.05, 4.69) is 6.92 Å². The van der Waals surface area contributed by atoms with Crippen LogP contribution in [0.2, 0.25) is 0 Å². The Balaban J connectivity index is 2.08. The van der Waals surface area contributed by atoms with Crippen LogP contribution in [0.15, 0.2) is 23.1 Å². The van der Waals surface area contributed by atoms with Crippen molar-refractivity contribution in [2.75, 3.05) is 33.3 Å². The summed E-state index contributed by atoms with van der Waals surface area (Å²) in [5, 5.41) is 11.2. The average Bonchev–Trinajstić information content (AvgIpc) is 2.67. The van der Waals surface area contributed by atoms with Gasteiger partial charge in [-0.05, 0) is 18.1 Å². The second-order valence-electron chi connectivity index (χ2n) is 6.97. The van der Waals surface area contributed by atoms with Gasteiger partial charge in [-0.2, -0.15) is 4.31 Å². The first-order valence-electron chi connectivity index (χ1n) is 9.31. The molecule has 1 unspecified atom stereocenters. The van der Waals surface area contributed by atoms with Crippen molar-refractivity contribution >= 4 is 21.6 Å². The number of sulfonamides is 1. The van der Waals surface area contributed by atoms with Gasteiger partial charge in [-0.15, -0.1) is 0 Å². The molecule has 156 valence electrons. The molecular weight excluding hydrogens is 386 g/mol. The first-order chi connectivity index (χ1) is 13.2. The van der Waals surface area contributed by atoms with Crippen molar-refractivity contribution in [3.8, 4) is 5.75 Å². The van der Waals surface area contributed by atoms with Crippen molar-refractivity contribution in [3.05, 3.63) is 28.3 Å². The number of methoxy groups -OCH3 is 1. The summed E-state index contributed by atoms with van der Waals surface area (Å²) < 4.78 is 31.9. The molecule has 28 heavy (non-hydrogen) atoms. The molecular formula is C18H27N3O6S. The molecule has 1 fully saturated rings. The van der Waals surface area contributed by atoms with E-state index in [4.69, 9.17) is 4.74 Å². The molecule has 1 amide bonds. The predicted octanol–water partition coefficient (Wildman–Crippen LogP) is 2.26. The van der Waals surface area contributed by atoms with Crippen LogP contribution in [0.1, 0.15) is 33.1 Å². The Morgan fingerprint density at radius 2 is 1.93 bits per heavy atom. The van der Waals surface area contributed by atoms with Crippen molar-refractivity contribution in [2.45, 2.75) is 38.0 Å². The largest absolute Gasteiger partial charge is 0.490 e. The monoisotopic (exact) mass is 413 g/mol. The fourth-order valence-electron chi connectivity index (χ4n) is 3.32. The SMILES string of the molecule is CCCC(C)CC(=O)N1CCN(S(=O)(=O)c2ccc(OC)c([N+](=O)[O-])c2)CC1. The first kappa shape index (κ1) is 22.1. The average molecular weight is 413 g/mol. The quantitative estimate of drug-likeness (QED) is 0.478. The zero-order chi connectivity index (χ0) is 20.9. The van der Waals surface area contributed by atoms with Crippen LogP contribution in [-0.4, -0.2) is 61.7 Å². The van der Waals surface area contributed by atoms with Crippen LogP contribution in [0, 0.1) is 16.0 Å². The number of hydrogen-bond acceptors (Lipinski definition) is 6. The number of rotatable bonds is 8. The number of nitro groups is 1. The Labute approximate surface area is 165 Å². The van der Waals surface area contributed by atoms with E-state index in [-0.39, 0.29) is 29.6 Å². The number of ether oxygens (including phenoxy) is 1. The summed E-state index contributed by atoms with van der Waals surface area (Å²) in [6, 6.07) is 3.59. The fourth-order valence-corrected chi connectivity index (χ4v) is 4.76. The Hall–Kier alpha value is -2.20. The molecule has 1 aromatic rings. The van der Waals surface area contributed by atoms with Crippen molar-refractivity contribution < 1.29 is 22.9 Å². The Morgan fingerprint density at radius 3 is 2.46 bits per heavy atom. The van der Waals surface area contributed by atoms with Crippen molar-refractivity contribution in [3.63, 3.8) is 0 Å². The van der Waals surface area contributed by atoms with Gasteiger partial charge in [-0.3, -0.25) is 14.9 Å². The number of benzene rings is 1. The van der Waals surface area contributed by atoms with Crippen LogP contribution in [0.4, 0.5) is 5.69 Å². The standard InChI is InChI=1S/C18H27N3O6S/c1-4-5-14(2)12-18(22)19-8-10-20(11-9-19)28(25,26)15-6-7-17(27-3)16(13-15)21(23)24/h6-7,13-14H,4-5,8-12H2,1-3H3. The number of nitro benzene ring substituents is 1. The molecule has 0 radical (unpaired) electrons. The van der Waals surface area contributed by atoms with Crippen molar-refractivity contribution in [1.29, 1.82) is 0 Å². The van der Waals surface area contributed by atoms with E-state index in [1.54, 1.807) is 4.90 Å². The zero-order valence-electron chi connectivity index (χ0n) is 16.5. The highest BCUT2D eigenvalue weighted by Crippen LogP contribution is 2.30. The van der Waals surface area contributed by atoms with Gasteiger partial charge in [-0.25, -0.2) is 8.42 Å². The molecule has 1 aliphatic rings. The first-order valence-corrected chi connectivity index (χ1v) is 10.7. The number of hydrogen-bond donors (Lipinski definition) is 0. The third-order valence-electron chi connectivity index (χ3n) is 4.88. The number of carbonyl (C=O) groups is 1. The van der Waals surface area contributed by atoms with E-state index >= 15 is 0 Å². The lowest BCUT2D eigenvalue weighted by molar-refractivity contribution is -0.386. The van der Waals surface area contributed by atoms with Gasteiger partial charge in [0.15, 0.2) is 5.75 Å². The van der Waals surface area contributed by atoms with Crippen LogP contribution < -0.4 is 4.74 Å². The summed E-state index contributed by atoms with van der Waals surface area (Å²) >= 11 is 0. The Kier molecular flexibility index (Phi) is 7.36. The van der Waals surface area contributed by atoms with E-state index in [0.29, 0.717) is 25.4 Å². The van der Waals surface area contributed by atoms with Crippen molar-refractivity contribution in [1.82, 2.24) is 9.21 Å². The lowest BCUT2D eigenvalue weighted by Crippen LogP contribution is -2.50. The van der Waals surface area contributed by atoms with Gasteiger partial charge in [-0.1, -0.05) is 26.7 Å². The van der Waals surface area contributed by atoms with Gasteiger partial charge in [0, 0.05) is 38.7 Å². The van der Waals surface area contributed by atoms with E-state index in [9.17, 15) is 23.3 Å². The van der Waals surface area contributed by atoms with Crippen LogP contribution >= 0.6 is 0 Å². The summed E-state index contributed by atoms with van der Waals surface area (Å²) in [6.07, 6.45) is 2.47. The van der Waals surface area contributed by atoms with Crippen LogP contribution in [0.25, 0.3) is 0 Å². The molecule has 10 heteroatoms. The summed E-state index contributed by atoms with van der Waals surface area (Å²) in [7, 11) is -2.60. The van der Waals surface area contributed by atoms with Gasteiger partial charge in [0.2, 0.25) is 15.9 Å². The Bertz CT molecular complexity index is 819. The molecule has 1 aromatic carbocycles. The minimum absolute atomic E-state index is 0.000523. The molecule has 1 atom stereocenters. The molecule has 1 heterocycles. The molecule has 1 saturated heterocycles. The molecule has 0 spiro atoms. The number of nitrogens with zero attached hydrogens (tertiary/aromatic N) is 3. The summed E-state index contributed by atoms with van der Waals surface area (Å²) in [5.41, 5.74) is -0.401. The molecule has 0 aromatic heterocycles. The fraction of sp³-hybridized carbons (Fsp3) is 0.611. The lowest BCUT2D eigenvalue weighted by atomic mass is 10.0. The van der Waals surface area contributed by atoms with Gasteiger partial charge in [0.25, 0.3) is 0 Å². The molecule has 0 N–H and O–H groups in total. The van der Waals surface area contributed by atoms with Crippen molar-refractivity contribution in [2.24, 2.45) is 5.92 Å². The smallest absolute Gasteiger partial charge is 0.312 e. The number of carbonyl (C=O) groups excluding carboxylic acids is 1. The second-order valence-corrected chi connectivity index (χ2v) is 8.91. The van der Waals surface area contributed by atoms with Gasteiger partial charge < -0.3 is 9.64 Å². The van der Waals surface area contributed by atoms with E-state index in [0.717, 1.165) is 18.9 Å². The third kappa shape index (κ3) is 4.99. The normalized spacial score (nSPS) is 16.6. The molecule has 0 saturated carbocycles. The maximum absolute atomic E-state index is 12.9. The maximum atomic E-state index is 12.9. The predicted molar refractivity (Wildman–Crippen MR) is 104 cm³/mol. The number of piperazine rings is 1. The van der Waals surface area contributed by atoms with Crippen LogP contribution in [0.3, 0.4) is 0 Å². The topological polar surface area (TPSA) is 110 Å². The minimum Gasteiger partial charge on any atom is -0.490 e. The van der Waals surface area contributed by atoms with E-state index in [1.807, 2.05) is 6.92 Å². The third-order valence-corrected chi connectivity index (χ3v) is 6.78. The number of amides is 1. The highest BCUT2D eigenvalue weighted by atomic mass is 32.2. The molecule has 2 rings (SSSR count). The molecule has 0 bridgehead atoms. The minimum atomic E-state index is -3.89. The summed E-state index contributed by atoms with van der Waals surface area (Å²) in [6.45, 7) is 5.07. The molecule has 9 nitrogen and oxygen atoms in total. The second kappa shape index (κ2) is 9.33. The Morgan fingerprint density at radius 1 is 1.29 bits per heavy atom. The highest BCUT2D eigenvalue weighted by Gasteiger charge is 2.32. The van der Waals surface area contributed by atoms with Crippen LogP contribution in [-0.2, 0) is 14.8 Å². The molecule has 0 aliphatic carbocycles. The summed E-state index contributed by atoms with van der Waals surface area (Å²) in [5.74, 6) is 0.345. The highest BCUT2D eigenvalue weighted by molar-refractivity contribution is 7.89. The van der Waals surface area contributed by atoms with Crippen LogP contribution in [0.5, 0.6) is 5.75 Å². The molecule has 1 aliphatic heterocycles. The summed E-state index contributed by atoms with van der Waals surface area (Å²) in [4.78, 5) is 24.4. The zero-order valence-corrected chi connectivity index (χ0v) is 17.3. The van der Waals surface area contributed by atoms with Gasteiger partial charge >= 0.3 is 5.69 Å². The van der Waals surface area contributed by atoms with E-state index < -0.39 is 20.6 Å². The maximum Gasteiger partial charge on any atom is 0.312 e. The lowest BCUT2D eigenvalue weighted by Gasteiger charge is -2.34. The van der Waals surface area contributed by atoms with E-state index in [1.165, 1.54) is 23.5 Å².